The first-order valence-corrected chi connectivity index (χ1v) is 16.0. The Kier molecular flexibility index (Phi) is 11.8. The Balaban J connectivity index is 2.06. The Morgan fingerprint density at radius 1 is 0.929 bits per heavy atom. The summed E-state index contributed by atoms with van der Waals surface area (Å²) >= 11 is 6.46. The van der Waals surface area contributed by atoms with Gasteiger partial charge in [-0.1, -0.05) is 61.3 Å². The van der Waals surface area contributed by atoms with Crippen molar-refractivity contribution in [2.24, 2.45) is 0 Å². The molecule has 1 N–H and O–H groups in total. The van der Waals surface area contributed by atoms with Gasteiger partial charge >= 0.3 is 0 Å². The van der Waals surface area contributed by atoms with Crippen LogP contribution in [0.3, 0.4) is 0 Å². The molecule has 3 aromatic carbocycles. The number of benzene rings is 3. The third-order valence-corrected chi connectivity index (χ3v) is 9.17. The van der Waals surface area contributed by atoms with Crippen molar-refractivity contribution in [3.63, 3.8) is 0 Å². The Labute approximate surface area is 254 Å². The van der Waals surface area contributed by atoms with Gasteiger partial charge in [-0.15, -0.1) is 0 Å². The molecule has 0 aliphatic heterocycles. The van der Waals surface area contributed by atoms with Gasteiger partial charge in [0.25, 0.3) is 10.0 Å². The summed E-state index contributed by atoms with van der Waals surface area (Å²) in [7, 11) is -4.18. The maximum atomic E-state index is 14.2. The highest BCUT2D eigenvalue weighted by atomic mass is 35.5. The zero-order valence-electron chi connectivity index (χ0n) is 24.8. The second kappa shape index (κ2) is 15.1. The minimum absolute atomic E-state index is 0.0125. The van der Waals surface area contributed by atoms with Gasteiger partial charge < -0.3 is 15.0 Å². The number of hydrogen-bond acceptors (Lipinski definition) is 5. The Morgan fingerprint density at radius 3 is 2.14 bits per heavy atom. The highest BCUT2D eigenvalue weighted by molar-refractivity contribution is 7.92. The number of halogens is 1. The van der Waals surface area contributed by atoms with E-state index in [-0.39, 0.29) is 23.4 Å². The molecule has 3 aromatic rings. The van der Waals surface area contributed by atoms with E-state index in [1.807, 2.05) is 34.6 Å². The van der Waals surface area contributed by atoms with Gasteiger partial charge in [-0.3, -0.25) is 13.9 Å². The maximum absolute atomic E-state index is 14.2. The Bertz CT molecular complexity index is 1450. The Hall–Kier alpha value is -3.56. The van der Waals surface area contributed by atoms with Gasteiger partial charge in [0.15, 0.2) is 0 Å². The molecule has 0 saturated carbocycles. The van der Waals surface area contributed by atoms with Gasteiger partial charge in [0.05, 0.1) is 17.2 Å². The molecular formula is C32H40ClN3O5S. The van der Waals surface area contributed by atoms with Crippen molar-refractivity contribution in [2.45, 2.75) is 71.0 Å². The lowest BCUT2D eigenvalue weighted by molar-refractivity contribution is -0.140. The summed E-state index contributed by atoms with van der Waals surface area (Å²) in [5.74, 6) is -0.293. The SMILES string of the molecule is CCOc1ccc(S(=O)(=O)N(CC(=O)N(Cc2ccccc2Cl)C(CC)C(=O)NC(C)CC)c2ccc(C)cc2)cc1. The molecule has 0 saturated heterocycles. The van der Waals surface area contributed by atoms with Gasteiger partial charge in [0.2, 0.25) is 11.8 Å². The normalized spacial score (nSPS) is 12.7. The number of hydrogen-bond donors (Lipinski definition) is 1. The number of rotatable bonds is 14. The van der Waals surface area contributed by atoms with Crippen molar-refractivity contribution in [3.05, 3.63) is 88.9 Å². The number of sulfonamides is 1. The average molecular weight is 614 g/mol. The molecule has 0 aromatic heterocycles. The fourth-order valence-electron chi connectivity index (χ4n) is 4.41. The van der Waals surface area contributed by atoms with E-state index in [1.54, 1.807) is 60.7 Å². The largest absolute Gasteiger partial charge is 0.494 e. The molecule has 0 aliphatic carbocycles. The number of carbonyl (C=O) groups excluding carboxylic acids is 2. The molecule has 2 unspecified atom stereocenters. The second-order valence-corrected chi connectivity index (χ2v) is 12.4. The Morgan fingerprint density at radius 2 is 1.57 bits per heavy atom. The van der Waals surface area contributed by atoms with Gasteiger partial charge in [0.1, 0.15) is 18.3 Å². The minimum atomic E-state index is -4.18. The van der Waals surface area contributed by atoms with Crippen molar-refractivity contribution < 1.29 is 22.7 Å². The predicted molar refractivity (Wildman–Crippen MR) is 167 cm³/mol. The topological polar surface area (TPSA) is 96.0 Å². The fourth-order valence-corrected chi connectivity index (χ4v) is 6.02. The molecule has 0 radical (unpaired) electrons. The quantitative estimate of drug-likeness (QED) is 0.242. The van der Waals surface area contributed by atoms with Gasteiger partial charge in [-0.05, 0) is 81.6 Å². The third kappa shape index (κ3) is 8.26. The van der Waals surface area contributed by atoms with Crippen LogP contribution >= 0.6 is 11.6 Å². The first kappa shape index (κ1) is 32.9. The van der Waals surface area contributed by atoms with E-state index in [9.17, 15) is 18.0 Å². The minimum Gasteiger partial charge on any atom is -0.494 e. The highest BCUT2D eigenvalue weighted by Crippen LogP contribution is 2.27. The number of anilines is 1. The molecule has 0 bridgehead atoms. The van der Waals surface area contributed by atoms with Crippen molar-refractivity contribution in [3.8, 4) is 5.75 Å². The van der Waals surface area contributed by atoms with Crippen LogP contribution < -0.4 is 14.4 Å². The lowest BCUT2D eigenvalue weighted by atomic mass is 10.1. The molecule has 0 aliphatic rings. The van der Waals surface area contributed by atoms with Gasteiger partial charge in [-0.2, -0.15) is 0 Å². The molecule has 3 rings (SSSR count). The van der Waals surface area contributed by atoms with Crippen LogP contribution in [0.25, 0.3) is 0 Å². The van der Waals surface area contributed by atoms with Gasteiger partial charge in [-0.25, -0.2) is 8.42 Å². The molecule has 0 spiro atoms. The van der Waals surface area contributed by atoms with Crippen LogP contribution in [0.15, 0.2) is 77.7 Å². The number of ether oxygens (including phenoxy) is 1. The maximum Gasteiger partial charge on any atom is 0.264 e. The number of aryl methyl sites for hydroxylation is 1. The monoisotopic (exact) mass is 613 g/mol. The standard InChI is InChI=1S/C32H40ClN3O5S/c1-6-24(5)34-32(38)30(7-2)35(21-25-11-9-10-12-29(25)33)31(37)22-36(26-15-13-23(4)14-16-26)42(39,40)28-19-17-27(18-20-28)41-8-3/h9-20,24,30H,6-8,21-22H2,1-5H3,(H,34,38). The number of carbonyl (C=O) groups is 2. The smallest absolute Gasteiger partial charge is 0.264 e. The molecule has 226 valence electrons. The molecule has 2 amide bonds. The number of nitrogens with zero attached hydrogens (tertiary/aromatic N) is 2. The molecule has 42 heavy (non-hydrogen) atoms. The zero-order valence-corrected chi connectivity index (χ0v) is 26.4. The van der Waals surface area contributed by atoms with E-state index in [0.29, 0.717) is 35.1 Å². The van der Waals surface area contributed by atoms with Crippen LogP contribution in [-0.4, -0.2) is 50.4 Å². The zero-order chi connectivity index (χ0) is 30.9. The van der Waals surface area contributed by atoms with Crippen LogP contribution in [0.4, 0.5) is 5.69 Å². The molecular weight excluding hydrogens is 574 g/mol. The van der Waals surface area contributed by atoms with Crippen molar-refractivity contribution in [1.82, 2.24) is 10.2 Å². The first-order chi connectivity index (χ1) is 20.0. The van der Waals surface area contributed by atoms with Gasteiger partial charge in [0, 0.05) is 17.6 Å². The van der Waals surface area contributed by atoms with E-state index >= 15 is 0 Å². The molecule has 0 fully saturated rings. The van der Waals surface area contributed by atoms with Crippen molar-refractivity contribution in [2.75, 3.05) is 17.5 Å². The number of amides is 2. The number of nitrogens with one attached hydrogen (secondary N) is 1. The predicted octanol–water partition coefficient (Wildman–Crippen LogP) is 5.96. The van der Waals surface area contributed by atoms with E-state index in [1.165, 1.54) is 17.0 Å². The van der Waals surface area contributed by atoms with E-state index in [2.05, 4.69) is 5.32 Å². The third-order valence-electron chi connectivity index (χ3n) is 7.01. The summed E-state index contributed by atoms with van der Waals surface area (Å²) < 4.78 is 34.6. The second-order valence-electron chi connectivity index (χ2n) is 10.1. The van der Waals surface area contributed by atoms with Crippen molar-refractivity contribution >= 4 is 39.1 Å². The van der Waals surface area contributed by atoms with E-state index < -0.39 is 28.5 Å². The summed E-state index contributed by atoms with van der Waals surface area (Å²) in [5.41, 5.74) is 1.92. The van der Waals surface area contributed by atoms with Crippen LogP contribution in [0.2, 0.25) is 5.02 Å². The van der Waals surface area contributed by atoms with Crippen LogP contribution in [-0.2, 0) is 26.2 Å². The molecule has 10 heteroatoms. The van der Waals surface area contributed by atoms with Crippen LogP contribution in [0.1, 0.15) is 51.7 Å². The van der Waals surface area contributed by atoms with E-state index in [0.717, 1.165) is 16.3 Å². The lowest BCUT2D eigenvalue weighted by Gasteiger charge is -2.34. The van der Waals surface area contributed by atoms with Crippen LogP contribution in [0, 0.1) is 6.92 Å². The molecule has 0 heterocycles. The fraction of sp³-hybridized carbons (Fsp3) is 0.375. The van der Waals surface area contributed by atoms with Crippen LogP contribution in [0.5, 0.6) is 5.75 Å². The average Bonchev–Trinajstić information content (AvgIpc) is 2.97. The summed E-state index contributed by atoms with van der Waals surface area (Å²) in [6, 6.07) is 19.2. The molecule has 8 nitrogen and oxygen atoms in total. The summed E-state index contributed by atoms with van der Waals surface area (Å²) in [5, 5.41) is 3.42. The summed E-state index contributed by atoms with van der Waals surface area (Å²) in [6.07, 6.45) is 1.05. The lowest BCUT2D eigenvalue weighted by Crippen LogP contribution is -2.53. The molecule has 2 atom stereocenters. The highest BCUT2D eigenvalue weighted by Gasteiger charge is 2.34. The summed E-state index contributed by atoms with van der Waals surface area (Å²) in [4.78, 5) is 29.0. The van der Waals surface area contributed by atoms with E-state index in [4.69, 9.17) is 16.3 Å². The first-order valence-electron chi connectivity index (χ1n) is 14.2. The van der Waals surface area contributed by atoms with Crippen molar-refractivity contribution in [1.29, 1.82) is 0 Å². The summed E-state index contributed by atoms with van der Waals surface area (Å²) in [6.45, 7) is 9.38.